The third-order valence-electron chi connectivity index (χ3n) is 3.66. The van der Waals surface area contributed by atoms with Crippen LogP contribution >= 0.6 is 27.7 Å². The fourth-order valence-electron chi connectivity index (χ4n) is 2.41. The number of benzene rings is 1. The third kappa shape index (κ3) is 5.05. The molecule has 6 nitrogen and oxygen atoms in total. The van der Waals surface area contributed by atoms with E-state index in [4.69, 9.17) is 0 Å². The molecule has 27 heavy (non-hydrogen) atoms. The summed E-state index contributed by atoms with van der Waals surface area (Å²) in [5, 5.41) is 12.2. The third-order valence-corrected chi connectivity index (χ3v) is 5.32. The van der Waals surface area contributed by atoms with Crippen molar-refractivity contribution in [1.82, 2.24) is 19.7 Å². The summed E-state index contributed by atoms with van der Waals surface area (Å²) in [6, 6.07) is 11.3. The number of aromatic nitrogens is 4. The number of rotatable bonds is 8. The Morgan fingerprint density at radius 3 is 2.85 bits per heavy atom. The van der Waals surface area contributed by atoms with Gasteiger partial charge >= 0.3 is 0 Å². The number of para-hydroxylation sites is 1. The standard InChI is InChI=1S/C19H18BrN5OS/c1-2-11-25-18(14-6-5-10-21-13-14)23-24-19(25)27-12-9-17(26)22-16-8-4-3-7-15(16)20/h2-8,10,13H,1,9,11-12H2,(H,22,26). The maximum absolute atomic E-state index is 12.2. The normalized spacial score (nSPS) is 10.6. The van der Waals surface area contributed by atoms with Crippen LogP contribution in [0.4, 0.5) is 5.69 Å². The number of hydrogen-bond acceptors (Lipinski definition) is 5. The predicted octanol–water partition coefficient (Wildman–Crippen LogP) is 4.41. The van der Waals surface area contributed by atoms with E-state index in [1.165, 1.54) is 11.8 Å². The average molecular weight is 444 g/mol. The van der Waals surface area contributed by atoms with Crippen LogP contribution in [-0.4, -0.2) is 31.4 Å². The molecule has 0 saturated heterocycles. The van der Waals surface area contributed by atoms with Crippen molar-refractivity contribution in [1.29, 1.82) is 0 Å². The zero-order valence-electron chi connectivity index (χ0n) is 14.5. The summed E-state index contributed by atoms with van der Waals surface area (Å²) in [4.78, 5) is 16.3. The summed E-state index contributed by atoms with van der Waals surface area (Å²) < 4.78 is 2.83. The van der Waals surface area contributed by atoms with Crippen molar-refractivity contribution < 1.29 is 4.79 Å². The zero-order chi connectivity index (χ0) is 19.1. The number of halogens is 1. The van der Waals surface area contributed by atoms with Crippen molar-refractivity contribution in [3.05, 3.63) is 65.9 Å². The van der Waals surface area contributed by atoms with Gasteiger partial charge in [-0.25, -0.2) is 0 Å². The molecule has 0 saturated carbocycles. The monoisotopic (exact) mass is 443 g/mol. The van der Waals surface area contributed by atoms with Crippen LogP contribution in [0.3, 0.4) is 0 Å². The number of carbonyl (C=O) groups excluding carboxylic acids is 1. The van der Waals surface area contributed by atoms with Gasteiger partial charge < -0.3 is 5.32 Å². The highest BCUT2D eigenvalue weighted by atomic mass is 79.9. The minimum Gasteiger partial charge on any atom is -0.325 e. The average Bonchev–Trinajstić information content (AvgIpc) is 3.07. The number of nitrogens with zero attached hydrogens (tertiary/aromatic N) is 4. The lowest BCUT2D eigenvalue weighted by molar-refractivity contribution is -0.115. The van der Waals surface area contributed by atoms with Crippen molar-refractivity contribution in [2.24, 2.45) is 0 Å². The molecular formula is C19H18BrN5OS. The number of allylic oxidation sites excluding steroid dienone is 1. The minimum absolute atomic E-state index is 0.0448. The molecule has 0 aliphatic rings. The lowest BCUT2D eigenvalue weighted by Gasteiger charge is -2.08. The van der Waals surface area contributed by atoms with Crippen LogP contribution in [0, 0.1) is 0 Å². The summed E-state index contributed by atoms with van der Waals surface area (Å²) >= 11 is 4.92. The van der Waals surface area contributed by atoms with Gasteiger partial charge in [-0.2, -0.15) is 0 Å². The molecule has 0 fully saturated rings. The number of anilines is 1. The Morgan fingerprint density at radius 2 is 2.11 bits per heavy atom. The van der Waals surface area contributed by atoms with E-state index < -0.39 is 0 Å². The number of pyridine rings is 1. The second-order valence-electron chi connectivity index (χ2n) is 5.57. The van der Waals surface area contributed by atoms with Crippen LogP contribution in [-0.2, 0) is 11.3 Å². The molecule has 0 bridgehead atoms. The molecule has 1 amide bonds. The molecule has 2 heterocycles. The van der Waals surface area contributed by atoms with E-state index in [0.717, 1.165) is 26.7 Å². The van der Waals surface area contributed by atoms with Crippen LogP contribution in [0.1, 0.15) is 6.42 Å². The highest BCUT2D eigenvalue weighted by Crippen LogP contribution is 2.25. The fraction of sp³-hybridized carbons (Fsp3) is 0.158. The van der Waals surface area contributed by atoms with Crippen molar-refractivity contribution in [3.8, 4) is 11.4 Å². The van der Waals surface area contributed by atoms with Gasteiger partial charge in [0.2, 0.25) is 5.91 Å². The molecule has 0 aliphatic carbocycles. The van der Waals surface area contributed by atoms with Gasteiger partial charge in [-0.15, -0.1) is 16.8 Å². The van der Waals surface area contributed by atoms with Gasteiger partial charge in [-0.1, -0.05) is 30.0 Å². The first-order chi connectivity index (χ1) is 13.2. The molecular weight excluding hydrogens is 426 g/mol. The first kappa shape index (κ1) is 19.3. The van der Waals surface area contributed by atoms with Crippen LogP contribution in [0.2, 0.25) is 0 Å². The summed E-state index contributed by atoms with van der Waals surface area (Å²) in [6.07, 6.45) is 5.64. The van der Waals surface area contributed by atoms with E-state index in [-0.39, 0.29) is 5.91 Å². The van der Waals surface area contributed by atoms with Gasteiger partial charge in [0.15, 0.2) is 11.0 Å². The van der Waals surface area contributed by atoms with E-state index >= 15 is 0 Å². The van der Waals surface area contributed by atoms with E-state index in [0.29, 0.717) is 18.7 Å². The molecule has 0 unspecified atom stereocenters. The molecule has 1 aromatic carbocycles. The molecule has 0 atom stereocenters. The second-order valence-corrected chi connectivity index (χ2v) is 7.49. The molecule has 138 valence electrons. The van der Waals surface area contributed by atoms with Crippen molar-refractivity contribution in [3.63, 3.8) is 0 Å². The lowest BCUT2D eigenvalue weighted by Crippen LogP contribution is -2.12. The molecule has 2 aromatic heterocycles. The van der Waals surface area contributed by atoms with Crippen molar-refractivity contribution in [2.75, 3.05) is 11.1 Å². The zero-order valence-corrected chi connectivity index (χ0v) is 16.9. The van der Waals surface area contributed by atoms with Gasteiger partial charge in [-0.3, -0.25) is 14.3 Å². The fourth-order valence-corrected chi connectivity index (χ4v) is 3.68. The molecule has 0 radical (unpaired) electrons. The van der Waals surface area contributed by atoms with Crippen LogP contribution < -0.4 is 5.32 Å². The number of hydrogen-bond donors (Lipinski definition) is 1. The maximum atomic E-state index is 12.2. The SMILES string of the molecule is C=CCn1c(SCCC(=O)Nc2ccccc2Br)nnc1-c1cccnc1. The minimum atomic E-state index is -0.0448. The Labute approximate surface area is 170 Å². The van der Waals surface area contributed by atoms with E-state index in [1.807, 2.05) is 41.0 Å². The molecule has 0 aliphatic heterocycles. The van der Waals surface area contributed by atoms with Gasteiger partial charge in [0.05, 0.1) is 5.69 Å². The Hall–Kier alpha value is -2.45. The molecule has 1 N–H and O–H groups in total. The second kappa shape index (κ2) is 9.48. The summed E-state index contributed by atoms with van der Waals surface area (Å²) in [6.45, 7) is 4.39. The quantitative estimate of drug-likeness (QED) is 0.412. The van der Waals surface area contributed by atoms with E-state index in [9.17, 15) is 4.79 Å². The highest BCUT2D eigenvalue weighted by molar-refractivity contribution is 9.10. The predicted molar refractivity (Wildman–Crippen MR) is 112 cm³/mol. The van der Waals surface area contributed by atoms with Crippen LogP contribution in [0.25, 0.3) is 11.4 Å². The molecule has 0 spiro atoms. The molecule has 8 heteroatoms. The van der Waals surface area contributed by atoms with E-state index in [1.54, 1.807) is 18.5 Å². The van der Waals surface area contributed by atoms with Crippen LogP contribution in [0.5, 0.6) is 0 Å². The number of amides is 1. The first-order valence-corrected chi connectivity index (χ1v) is 10.1. The number of nitrogens with one attached hydrogen (secondary N) is 1. The van der Waals surface area contributed by atoms with Crippen molar-refractivity contribution in [2.45, 2.75) is 18.1 Å². The lowest BCUT2D eigenvalue weighted by atomic mass is 10.3. The molecule has 3 aromatic rings. The Balaban J connectivity index is 1.62. The van der Waals surface area contributed by atoms with Crippen LogP contribution in [0.15, 0.2) is 71.1 Å². The molecule has 3 rings (SSSR count). The van der Waals surface area contributed by atoms with Gasteiger partial charge in [0.25, 0.3) is 0 Å². The number of thioether (sulfide) groups is 1. The summed E-state index contributed by atoms with van der Waals surface area (Å²) in [5.74, 6) is 1.29. The number of carbonyl (C=O) groups is 1. The Bertz CT molecular complexity index is 929. The smallest absolute Gasteiger partial charge is 0.225 e. The maximum Gasteiger partial charge on any atom is 0.225 e. The van der Waals surface area contributed by atoms with E-state index in [2.05, 4.69) is 43.0 Å². The topological polar surface area (TPSA) is 72.7 Å². The largest absolute Gasteiger partial charge is 0.325 e. The van der Waals surface area contributed by atoms with Gasteiger partial charge in [0.1, 0.15) is 0 Å². The van der Waals surface area contributed by atoms with Crippen molar-refractivity contribution >= 4 is 39.3 Å². The highest BCUT2D eigenvalue weighted by Gasteiger charge is 2.14. The summed E-state index contributed by atoms with van der Waals surface area (Å²) in [7, 11) is 0. The van der Waals surface area contributed by atoms with Gasteiger partial charge in [0, 0.05) is 41.1 Å². The Morgan fingerprint density at radius 1 is 1.26 bits per heavy atom. The first-order valence-electron chi connectivity index (χ1n) is 8.30. The van der Waals surface area contributed by atoms with Gasteiger partial charge in [-0.05, 0) is 40.2 Å². The summed E-state index contributed by atoms with van der Waals surface area (Å²) in [5.41, 5.74) is 1.66. The Kier molecular flexibility index (Phi) is 6.78.